The Kier molecular flexibility index (Phi) is 7.60. The maximum Gasteiger partial charge on any atom is 0.254 e. The Morgan fingerprint density at radius 3 is 2.39 bits per heavy atom. The molecule has 0 bridgehead atoms. The summed E-state index contributed by atoms with van der Waals surface area (Å²) in [5, 5.41) is 6.21. The molecule has 2 saturated heterocycles. The highest BCUT2D eigenvalue weighted by atomic mass is 16.2. The zero-order valence-corrected chi connectivity index (χ0v) is 19.3. The van der Waals surface area contributed by atoms with E-state index in [1.807, 2.05) is 31.3 Å². The van der Waals surface area contributed by atoms with Gasteiger partial charge in [0, 0.05) is 45.3 Å². The Morgan fingerprint density at radius 1 is 1.00 bits per heavy atom. The van der Waals surface area contributed by atoms with Gasteiger partial charge in [-0.25, -0.2) is 0 Å². The summed E-state index contributed by atoms with van der Waals surface area (Å²) < 4.78 is 0. The van der Waals surface area contributed by atoms with E-state index in [0.29, 0.717) is 25.2 Å². The Bertz CT molecular complexity index is 966. The topological polar surface area (TPSA) is 77.0 Å². The molecule has 174 valence electrons. The summed E-state index contributed by atoms with van der Waals surface area (Å²) in [7, 11) is 1.83. The number of piperazine rings is 1. The second kappa shape index (κ2) is 11.0. The van der Waals surface area contributed by atoms with Gasteiger partial charge in [0.25, 0.3) is 5.91 Å². The molecule has 7 nitrogen and oxygen atoms in total. The first-order chi connectivity index (χ1) is 16.1. The molecule has 2 fully saturated rings. The third-order valence-corrected chi connectivity index (χ3v) is 6.47. The van der Waals surface area contributed by atoms with E-state index < -0.39 is 0 Å². The molecule has 0 unspecified atom stereocenters. The molecule has 0 radical (unpaired) electrons. The van der Waals surface area contributed by atoms with Gasteiger partial charge in [-0.1, -0.05) is 42.5 Å². The van der Waals surface area contributed by atoms with Gasteiger partial charge in [0.1, 0.15) is 0 Å². The number of amides is 2. The first-order valence-electron chi connectivity index (χ1n) is 11.8. The number of guanidine groups is 1. The molecule has 2 aliphatic rings. The largest absolute Gasteiger partial charge is 0.353 e. The number of piperidine rings is 1. The summed E-state index contributed by atoms with van der Waals surface area (Å²) in [6.45, 7) is 3.85. The van der Waals surface area contributed by atoms with E-state index >= 15 is 0 Å². The molecule has 4 rings (SSSR count). The molecule has 2 aliphatic heterocycles. The van der Waals surface area contributed by atoms with Gasteiger partial charge in [0.2, 0.25) is 5.91 Å². The van der Waals surface area contributed by atoms with Gasteiger partial charge >= 0.3 is 0 Å². The van der Waals surface area contributed by atoms with Gasteiger partial charge < -0.3 is 20.4 Å². The van der Waals surface area contributed by atoms with Gasteiger partial charge in [-0.3, -0.25) is 14.6 Å². The number of rotatable bonds is 5. The summed E-state index contributed by atoms with van der Waals surface area (Å²) in [5.74, 6) is 1.44. The van der Waals surface area contributed by atoms with Crippen LogP contribution >= 0.6 is 0 Å². The van der Waals surface area contributed by atoms with E-state index in [4.69, 9.17) is 0 Å². The minimum absolute atomic E-state index is 0.0986. The van der Waals surface area contributed by atoms with Crippen molar-refractivity contribution in [1.29, 1.82) is 0 Å². The maximum absolute atomic E-state index is 12.6. The monoisotopic (exact) mass is 447 g/mol. The fraction of sp³-hybridized carbons (Fsp3) is 0.423. The molecular weight excluding hydrogens is 414 g/mol. The predicted octanol–water partition coefficient (Wildman–Crippen LogP) is 2.29. The lowest BCUT2D eigenvalue weighted by Crippen LogP contribution is -2.49. The number of aliphatic imine (C=N–C) groups is 1. The van der Waals surface area contributed by atoms with Crippen molar-refractivity contribution in [2.24, 2.45) is 10.9 Å². The predicted molar refractivity (Wildman–Crippen MR) is 130 cm³/mol. The van der Waals surface area contributed by atoms with Crippen LogP contribution in [-0.4, -0.2) is 67.3 Å². The lowest BCUT2D eigenvalue weighted by atomic mass is 9.90. The van der Waals surface area contributed by atoms with Crippen LogP contribution in [0, 0.1) is 5.92 Å². The van der Waals surface area contributed by atoms with E-state index in [1.54, 1.807) is 4.90 Å². The van der Waals surface area contributed by atoms with Crippen LogP contribution in [-0.2, 0) is 17.8 Å². The summed E-state index contributed by atoms with van der Waals surface area (Å²) in [4.78, 5) is 32.6. The van der Waals surface area contributed by atoms with Gasteiger partial charge in [0.05, 0.1) is 6.54 Å². The molecule has 2 N–H and O–H groups in total. The third kappa shape index (κ3) is 6.12. The Morgan fingerprint density at radius 2 is 1.73 bits per heavy atom. The third-order valence-electron chi connectivity index (χ3n) is 6.47. The number of nitrogens with one attached hydrogen (secondary N) is 2. The van der Waals surface area contributed by atoms with Crippen molar-refractivity contribution >= 4 is 17.8 Å². The SMILES string of the molecule is CN=C(NCc1ccc(C(=O)N2CCNC(=O)C2)cc1)N1CCC(Cc2ccccc2)CC1. The molecule has 0 aromatic heterocycles. The molecule has 2 heterocycles. The second-order valence-corrected chi connectivity index (χ2v) is 8.79. The van der Waals surface area contributed by atoms with Crippen LogP contribution in [0.2, 0.25) is 0 Å². The molecule has 0 saturated carbocycles. The first-order valence-corrected chi connectivity index (χ1v) is 11.8. The molecule has 0 aliphatic carbocycles. The van der Waals surface area contributed by atoms with Crippen LogP contribution in [0.4, 0.5) is 0 Å². The molecule has 0 spiro atoms. The lowest BCUT2D eigenvalue weighted by molar-refractivity contribution is -0.123. The number of carbonyl (C=O) groups is 2. The van der Waals surface area contributed by atoms with E-state index in [9.17, 15) is 9.59 Å². The van der Waals surface area contributed by atoms with Gasteiger partial charge in [-0.2, -0.15) is 0 Å². The molecule has 2 amide bonds. The molecule has 2 aromatic carbocycles. The number of likely N-dealkylation sites (tertiary alicyclic amines) is 1. The minimum atomic E-state index is -0.106. The molecule has 2 aromatic rings. The van der Waals surface area contributed by atoms with Crippen molar-refractivity contribution in [1.82, 2.24) is 20.4 Å². The fourth-order valence-electron chi connectivity index (χ4n) is 4.57. The van der Waals surface area contributed by atoms with Crippen LogP contribution in [0.5, 0.6) is 0 Å². The van der Waals surface area contributed by atoms with Crippen molar-refractivity contribution in [3.8, 4) is 0 Å². The standard InChI is InChI=1S/C26H33N5O2/c1-27-26(30-14-11-21(12-15-30)17-20-5-3-2-4-6-20)29-18-22-7-9-23(10-8-22)25(33)31-16-13-28-24(32)19-31/h2-10,21H,11-19H2,1H3,(H,27,29)(H,28,32). The number of carbonyl (C=O) groups excluding carboxylic acids is 2. The van der Waals surface area contributed by atoms with Gasteiger partial charge in [-0.05, 0) is 48.4 Å². The van der Waals surface area contributed by atoms with E-state index in [1.165, 1.54) is 18.4 Å². The van der Waals surface area contributed by atoms with Crippen molar-refractivity contribution < 1.29 is 9.59 Å². The van der Waals surface area contributed by atoms with Gasteiger partial charge in [0.15, 0.2) is 5.96 Å². The van der Waals surface area contributed by atoms with Crippen LogP contribution < -0.4 is 10.6 Å². The smallest absolute Gasteiger partial charge is 0.254 e. The number of nitrogens with zero attached hydrogens (tertiary/aromatic N) is 3. The normalized spacial score (nSPS) is 17.6. The van der Waals surface area contributed by atoms with Crippen LogP contribution in [0.1, 0.15) is 34.3 Å². The second-order valence-electron chi connectivity index (χ2n) is 8.79. The van der Waals surface area contributed by atoms with Crippen molar-refractivity contribution in [2.45, 2.75) is 25.8 Å². The van der Waals surface area contributed by atoms with Crippen LogP contribution in [0.15, 0.2) is 59.6 Å². The Balaban J connectivity index is 1.25. The summed E-state index contributed by atoms with van der Waals surface area (Å²) in [6.07, 6.45) is 3.48. The maximum atomic E-state index is 12.6. The molecule has 7 heteroatoms. The van der Waals surface area contributed by atoms with E-state index in [-0.39, 0.29) is 18.4 Å². The summed E-state index contributed by atoms with van der Waals surface area (Å²) >= 11 is 0. The molecule has 33 heavy (non-hydrogen) atoms. The average Bonchev–Trinajstić information content (AvgIpc) is 2.86. The minimum Gasteiger partial charge on any atom is -0.353 e. The molecular formula is C26H33N5O2. The van der Waals surface area contributed by atoms with E-state index in [2.05, 4.69) is 50.9 Å². The van der Waals surface area contributed by atoms with Crippen molar-refractivity contribution in [2.75, 3.05) is 39.8 Å². The van der Waals surface area contributed by atoms with E-state index in [0.717, 1.165) is 37.0 Å². The fourth-order valence-corrected chi connectivity index (χ4v) is 4.57. The average molecular weight is 448 g/mol. The summed E-state index contributed by atoms with van der Waals surface area (Å²) in [6, 6.07) is 18.3. The highest BCUT2D eigenvalue weighted by molar-refractivity contribution is 5.97. The highest BCUT2D eigenvalue weighted by Gasteiger charge is 2.23. The lowest BCUT2D eigenvalue weighted by Gasteiger charge is -2.34. The molecule has 0 atom stereocenters. The first kappa shape index (κ1) is 22.8. The summed E-state index contributed by atoms with van der Waals surface area (Å²) in [5.41, 5.74) is 3.12. The number of hydrogen-bond acceptors (Lipinski definition) is 3. The van der Waals surface area contributed by atoms with Crippen LogP contribution in [0.25, 0.3) is 0 Å². The Hall–Kier alpha value is -3.35. The number of hydrogen-bond donors (Lipinski definition) is 2. The quantitative estimate of drug-likeness (QED) is 0.545. The van der Waals surface area contributed by atoms with Crippen molar-refractivity contribution in [3.05, 3.63) is 71.3 Å². The number of benzene rings is 2. The zero-order valence-electron chi connectivity index (χ0n) is 19.3. The van der Waals surface area contributed by atoms with Crippen LogP contribution in [0.3, 0.4) is 0 Å². The Labute approximate surface area is 195 Å². The van der Waals surface area contributed by atoms with Gasteiger partial charge in [-0.15, -0.1) is 0 Å². The van der Waals surface area contributed by atoms with Crippen molar-refractivity contribution in [3.63, 3.8) is 0 Å². The highest BCUT2D eigenvalue weighted by Crippen LogP contribution is 2.21. The zero-order chi connectivity index (χ0) is 23.0.